The quantitative estimate of drug-likeness (QED) is 0.539. The van der Waals surface area contributed by atoms with E-state index in [9.17, 15) is 18.0 Å². The summed E-state index contributed by atoms with van der Waals surface area (Å²) < 4.78 is 40.9. The highest BCUT2D eigenvalue weighted by Crippen LogP contribution is 2.37. The van der Waals surface area contributed by atoms with Crippen LogP contribution in [0.25, 0.3) is 28.0 Å². The summed E-state index contributed by atoms with van der Waals surface area (Å²) in [6.07, 6.45) is -1.77. The minimum absolute atomic E-state index is 0.173. The third-order valence-corrected chi connectivity index (χ3v) is 4.38. The zero-order chi connectivity index (χ0) is 21.9. The van der Waals surface area contributed by atoms with Crippen molar-refractivity contribution < 1.29 is 13.2 Å². The average molecular weight is 436 g/mol. The van der Waals surface area contributed by atoms with Crippen LogP contribution in [-0.2, 0) is 12.7 Å². The van der Waals surface area contributed by atoms with E-state index >= 15 is 0 Å². The summed E-state index contributed by atoms with van der Waals surface area (Å²) in [6.45, 7) is 4.88. The van der Waals surface area contributed by atoms with Gasteiger partial charge in [0.1, 0.15) is 5.82 Å². The lowest BCUT2D eigenvalue weighted by Crippen LogP contribution is -2.13. The molecule has 2 heterocycles. The van der Waals surface area contributed by atoms with E-state index in [2.05, 4.69) is 20.3 Å². The van der Waals surface area contributed by atoms with Crippen LogP contribution in [0, 0.1) is 5.92 Å². The van der Waals surface area contributed by atoms with Gasteiger partial charge in [0.15, 0.2) is 0 Å². The van der Waals surface area contributed by atoms with Gasteiger partial charge in [-0.2, -0.15) is 13.2 Å². The molecule has 1 aromatic carbocycles. The van der Waals surface area contributed by atoms with E-state index in [1.807, 2.05) is 13.8 Å². The third-order valence-electron chi connectivity index (χ3n) is 4.18. The van der Waals surface area contributed by atoms with E-state index in [0.717, 1.165) is 6.07 Å². The lowest BCUT2D eigenvalue weighted by atomic mass is 10.0. The highest BCUT2D eigenvalue weighted by molar-refractivity contribution is 6.30. The summed E-state index contributed by atoms with van der Waals surface area (Å²) in [5.41, 5.74) is -0.499. The van der Waals surface area contributed by atoms with Crippen LogP contribution in [0.4, 0.5) is 13.2 Å². The highest BCUT2D eigenvalue weighted by atomic mass is 35.5. The number of hydrogen-bond donors (Lipinski definition) is 1. The Hall–Kier alpha value is -2.71. The molecule has 0 saturated heterocycles. The maximum atomic E-state index is 13.6. The monoisotopic (exact) mass is 435 g/mol. The summed E-state index contributed by atoms with van der Waals surface area (Å²) in [6, 6.07) is 6.46. The molecule has 1 N–H and O–H groups in total. The van der Waals surface area contributed by atoms with Crippen molar-refractivity contribution in [3.8, 4) is 22.6 Å². The van der Waals surface area contributed by atoms with Crippen LogP contribution < -0.4 is 5.56 Å². The highest BCUT2D eigenvalue weighted by Gasteiger charge is 2.34. The Morgan fingerprint density at radius 1 is 1.17 bits per heavy atom. The van der Waals surface area contributed by atoms with Crippen LogP contribution in [0.2, 0.25) is 5.02 Å². The van der Waals surface area contributed by atoms with E-state index in [0.29, 0.717) is 28.6 Å². The third kappa shape index (κ3) is 5.46. The van der Waals surface area contributed by atoms with Crippen molar-refractivity contribution in [2.45, 2.75) is 26.6 Å². The van der Waals surface area contributed by atoms with Crippen molar-refractivity contribution in [2.24, 2.45) is 5.92 Å². The first kappa shape index (κ1) is 22.0. The number of H-pyrrole nitrogens is 1. The van der Waals surface area contributed by atoms with Crippen molar-refractivity contribution >= 4 is 11.6 Å². The second-order valence-electron chi connectivity index (χ2n) is 7.21. The zero-order valence-electron chi connectivity index (χ0n) is 16.3. The zero-order valence-corrected chi connectivity index (χ0v) is 17.1. The van der Waals surface area contributed by atoms with Crippen LogP contribution in [0.15, 0.2) is 47.5 Å². The first-order chi connectivity index (χ1) is 14.1. The maximum Gasteiger partial charge on any atom is 0.417 e. The molecule has 0 aliphatic rings. The fraction of sp³-hybridized carbons (Fsp3) is 0.286. The summed E-state index contributed by atoms with van der Waals surface area (Å²) in [5, 5.41) is 4.68. The van der Waals surface area contributed by atoms with Crippen LogP contribution in [0.5, 0.6) is 0 Å². The van der Waals surface area contributed by atoms with Crippen molar-refractivity contribution in [1.82, 2.24) is 15.0 Å². The smallest absolute Gasteiger partial charge is 0.417 e. The van der Waals surface area contributed by atoms with Gasteiger partial charge in [-0.3, -0.25) is 9.78 Å². The molecule has 5 nitrogen and oxygen atoms in total. The lowest BCUT2D eigenvalue weighted by molar-refractivity contribution is -0.137. The molecule has 0 amide bonds. The molecule has 158 valence electrons. The fourth-order valence-electron chi connectivity index (χ4n) is 2.87. The molecule has 0 saturated carbocycles. The van der Waals surface area contributed by atoms with Crippen molar-refractivity contribution in [3.63, 3.8) is 0 Å². The number of hydrogen-bond acceptors (Lipinski definition) is 3. The second-order valence-corrected chi connectivity index (χ2v) is 7.64. The molecule has 0 bridgehead atoms. The molecule has 3 aromatic rings. The van der Waals surface area contributed by atoms with Gasteiger partial charge in [-0.25, -0.2) is 4.98 Å². The normalized spacial score (nSPS) is 11.8. The molecule has 0 spiro atoms. The van der Waals surface area contributed by atoms with Gasteiger partial charge in [-0.1, -0.05) is 43.0 Å². The van der Waals surface area contributed by atoms with E-state index in [1.54, 1.807) is 0 Å². The Kier molecular flexibility index (Phi) is 6.58. The number of aromatic nitrogens is 3. The van der Waals surface area contributed by atoms with Crippen molar-refractivity contribution in [1.29, 1.82) is 0 Å². The van der Waals surface area contributed by atoms with Crippen LogP contribution in [0.1, 0.15) is 25.0 Å². The number of rotatable bonds is 6. The molecule has 0 aliphatic carbocycles. The molecule has 0 unspecified atom stereocenters. The summed E-state index contributed by atoms with van der Waals surface area (Å²) in [7, 11) is 0. The lowest BCUT2D eigenvalue weighted by Gasteiger charge is -2.22. The molecule has 9 heteroatoms. The first-order valence-corrected chi connectivity index (χ1v) is 9.57. The molecular weight excluding hydrogens is 417 g/mol. The number of alkyl halides is 3. The SMILES string of the molecule is CC(C)C[N-]Cc1ccc(C(F)(F)F)c(-c2nc(-c3cncc(Cl)c3)cc(=O)[nH]2)c1. The molecular formula is C21H19ClF3N4O-. The topological polar surface area (TPSA) is 72.7 Å². The molecule has 0 radical (unpaired) electrons. The average Bonchev–Trinajstić information content (AvgIpc) is 2.66. The number of nitrogens with one attached hydrogen (secondary N) is 1. The van der Waals surface area contributed by atoms with Crippen LogP contribution in [0.3, 0.4) is 0 Å². The van der Waals surface area contributed by atoms with E-state index in [-0.39, 0.29) is 23.6 Å². The Balaban J connectivity index is 2.09. The van der Waals surface area contributed by atoms with Gasteiger partial charge in [0.2, 0.25) is 0 Å². The summed E-state index contributed by atoms with van der Waals surface area (Å²) in [5.74, 6) is 0.162. The van der Waals surface area contributed by atoms with Crippen molar-refractivity contribution in [2.75, 3.05) is 6.54 Å². The summed E-state index contributed by atoms with van der Waals surface area (Å²) >= 11 is 5.93. The van der Waals surface area contributed by atoms with Crippen LogP contribution >= 0.6 is 11.6 Å². The second kappa shape index (κ2) is 8.97. The minimum atomic E-state index is -4.62. The minimum Gasteiger partial charge on any atom is -0.658 e. The number of halogens is 4. The van der Waals surface area contributed by atoms with Crippen LogP contribution in [-0.4, -0.2) is 21.5 Å². The van der Waals surface area contributed by atoms with Gasteiger partial charge in [-0.05, 0) is 18.2 Å². The molecule has 0 fully saturated rings. The number of aromatic amines is 1. The largest absolute Gasteiger partial charge is 0.658 e. The first-order valence-electron chi connectivity index (χ1n) is 9.19. The van der Waals surface area contributed by atoms with Crippen molar-refractivity contribution in [3.05, 3.63) is 74.5 Å². The molecule has 30 heavy (non-hydrogen) atoms. The number of benzene rings is 1. The fourth-order valence-corrected chi connectivity index (χ4v) is 3.04. The number of pyridine rings is 1. The standard InChI is InChI=1S/C21H19ClF3N4O/c1-12(2)8-26-9-13-3-4-17(21(23,24)25)16(5-13)20-28-18(7-19(30)29-20)14-6-15(22)11-27-10-14/h3-7,10-12H,8-9H2,1-2H3,(H,28,29,30)/q-1. The Morgan fingerprint density at radius 3 is 2.60 bits per heavy atom. The molecule has 3 rings (SSSR count). The Labute approximate surface area is 176 Å². The van der Waals surface area contributed by atoms with E-state index in [1.165, 1.54) is 36.7 Å². The van der Waals surface area contributed by atoms with Gasteiger partial charge < -0.3 is 10.3 Å². The molecule has 0 atom stereocenters. The van der Waals surface area contributed by atoms with Gasteiger partial charge in [0.05, 0.1) is 16.3 Å². The van der Waals surface area contributed by atoms with Gasteiger partial charge >= 0.3 is 6.18 Å². The van der Waals surface area contributed by atoms with Gasteiger partial charge in [0.25, 0.3) is 5.56 Å². The Morgan fingerprint density at radius 2 is 1.93 bits per heavy atom. The maximum absolute atomic E-state index is 13.6. The molecule has 0 aliphatic heterocycles. The van der Waals surface area contributed by atoms with Gasteiger partial charge in [0, 0.05) is 29.6 Å². The predicted molar refractivity (Wildman–Crippen MR) is 110 cm³/mol. The Bertz CT molecular complexity index is 1100. The molecule has 2 aromatic heterocycles. The van der Waals surface area contributed by atoms with E-state index in [4.69, 9.17) is 11.6 Å². The van der Waals surface area contributed by atoms with E-state index < -0.39 is 17.3 Å². The summed E-state index contributed by atoms with van der Waals surface area (Å²) in [4.78, 5) is 22.8. The van der Waals surface area contributed by atoms with Gasteiger partial charge in [-0.15, -0.1) is 13.1 Å². The number of nitrogens with zero attached hydrogens (tertiary/aromatic N) is 3. The predicted octanol–water partition coefficient (Wildman–Crippen LogP) is 5.70.